The van der Waals surface area contributed by atoms with Crippen LogP contribution in [0.1, 0.15) is 33.5 Å². The lowest BCUT2D eigenvalue weighted by atomic mass is 10.2. The lowest BCUT2D eigenvalue weighted by Crippen LogP contribution is -2.34. The molecule has 168 valence electrons. The number of ether oxygens (including phenoxy) is 3. The van der Waals surface area contributed by atoms with Crippen molar-refractivity contribution < 1.29 is 23.7 Å². The molecule has 1 aromatic carbocycles. The minimum Gasteiger partial charge on any atom is -0.618 e. The molecule has 2 heterocycles. The van der Waals surface area contributed by atoms with Crippen LogP contribution in [0.3, 0.4) is 0 Å². The summed E-state index contributed by atoms with van der Waals surface area (Å²) in [5, 5.41) is 15.9. The van der Waals surface area contributed by atoms with Gasteiger partial charge in [0.25, 0.3) is 0 Å². The van der Waals surface area contributed by atoms with Crippen LogP contribution in [0, 0.1) is 5.21 Å². The minimum atomic E-state index is -0.532. The van der Waals surface area contributed by atoms with Crippen LogP contribution < -0.4 is 10.0 Å². The SMILES string of the molecule is CCOCc1nc2c[n+]([O-])c3ccccc3c2n1CCOCCNC(=O)OC(C)(C)C. The maximum atomic E-state index is 12.4. The molecule has 0 atom stereocenters. The van der Waals surface area contributed by atoms with Crippen molar-refractivity contribution in [2.75, 3.05) is 26.4 Å². The highest BCUT2D eigenvalue weighted by molar-refractivity contribution is 6.00. The number of amides is 1. The molecule has 0 fully saturated rings. The number of benzene rings is 1. The van der Waals surface area contributed by atoms with Crippen LogP contribution in [0.5, 0.6) is 0 Å². The predicted octanol–water partition coefficient (Wildman–Crippen LogP) is 2.90. The normalized spacial score (nSPS) is 11.9. The molecule has 0 aliphatic carbocycles. The second-order valence-electron chi connectivity index (χ2n) is 8.06. The smallest absolute Gasteiger partial charge is 0.407 e. The Morgan fingerprint density at radius 1 is 1.23 bits per heavy atom. The van der Waals surface area contributed by atoms with Crippen molar-refractivity contribution in [2.24, 2.45) is 0 Å². The Kier molecular flexibility index (Phi) is 7.29. The molecule has 0 aliphatic rings. The number of rotatable bonds is 9. The van der Waals surface area contributed by atoms with Gasteiger partial charge in [-0.1, -0.05) is 12.1 Å². The molecule has 0 bridgehead atoms. The van der Waals surface area contributed by atoms with Crippen molar-refractivity contribution in [1.29, 1.82) is 0 Å². The van der Waals surface area contributed by atoms with Gasteiger partial charge < -0.3 is 29.3 Å². The average molecular weight is 431 g/mol. The quantitative estimate of drug-likeness (QED) is 0.318. The molecule has 0 saturated heterocycles. The topological polar surface area (TPSA) is 102 Å². The van der Waals surface area contributed by atoms with E-state index in [9.17, 15) is 10.0 Å². The van der Waals surface area contributed by atoms with Gasteiger partial charge >= 0.3 is 6.09 Å². The van der Waals surface area contributed by atoms with Gasteiger partial charge in [0.15, 0.2) is 5.52 Å². The third kappa shape index (κ3) is 5.83. The number of para-hydroxylation sites is 1. The van der Waals surface area contributed by atoms with Crippen LogP contribution in [0.25, 0.3) is 21.9 Å². The van der Waals surface area contributed by atoms with Crippen molar-refractivity contribution in [3.63, 3.8) is 0 Å². The van der Waals surface area contributed by atoms with E-state index in [-0.39, 0.29) is 0 Å². The zero-order valence-corrected chi connectivity index (χ0v) is 18.5. The van der Waals surface area contributed by atoms with Crippen molar-refractivity contribution in [3.05, 3.63) is 41.5 Å². The van der Waals surface area contributed by atoms with Gasteiger partial charge in [-0.15, -0.1) is 0 Å². The van der Waals surface area contributed by atoms with E-state index in [0.717, 1.165) is 21.5 Å². The summed E-state index contributed by atoms with van der Waals surface area (Å²) >= 11 is 0. The summed E-state index contributed by atoms with van der Waals surface area (Å²) in [7, 11) is 0. The van der Waals surface area contributed by atoms with Crippen LogP contribution in [0.2, 0.25) is 0 Å². The van der Waals surface area contributed by atoms with Crippen molar-refractivity contribution in [2.45, 2.75) is 46.4 Å². The average Bonchev–Trinajstić information content (AvgIpc) is 3.05. The van der Waals surface area contributed by atoms with Crippen LogP contribution in [0.4, 0.5) is 4.79 Å². The van der Waals surface area contributed by atoms with Crippen molar-refractivity contribution >= 4 is 28.0 Å². The van der Waals surface area contributed by atoms with Crippen molar-refractivity contribution in [1.82, 2.24) is 14.9 Å². The first-order valence-electron chi connectivity index (χ1n) is 10.4. The minimum absolute atomic E-state index is 0.346. The highest BCUT2D eigenvalue weighted by atomic mass is 16.6. The van der Waals surface area contributed by atoms with E-state index < -0.39 is 11.7 Å². The zero-order chi connectivity index (χ0) is 22.4. The third-order valence-electron chi connectivity index (χ3n) is 4.52. The van der Waals surface area contributed by atoms with Gasteiger partial charge in [-0.2, -0.15) is 4.73 Å². The number of aromatic nitrogens is 3. The van der Waals surface area contributed by atoms with Gasteiger partial charge in [-0.05, 0) is 33.8 Å². The Morgan fingerprint density at radius 3 is 2.74 bits per heavy atom. The van der Waals surface area contributed by atoms with E-state index in [4.69, 9.17) is 14.2 Å². The number of carbonyl (C=O) groups excluding carboxylic acids is 1. The summed E-state index contributed by atoms with van der Waals surface area (Å²) in [5.41, 5.74) is 1.56. The fourth-order valence-electron chi connectivity index (χ4n) is 3.28. The number of nitrogens with one attached hydrogen (secondary N) is 1. The number of imidazole rings is 1. The number of fused-ring (bicyclic) bond motifs is 3. The Labute approximate surface area is 181 Å². The molecule has 1 amide bonds. The summed E-state index contributed by atoms with van der Waals surface area (Å²) in [6.45, 7) is 9.95. The monoisotopic (exact) mass is 430 g/mol. The van der Waals surface area contributed by atoms with E-state index >= 15 is 0 Å². The van der Waals surface area contributed by atoms with Crippen LogP contribution in [0.15, 0.2) is 30.5 Å². The van der Waals surface area contributed by atoms with E-state index in [1.54, 1.807) is 6.07 Å². The first-order chi connectivity index (χ1) is 14.8. The molecule has 3 aromatic rings. The first kappa shape index (κ1) is 22.8. The Balaban J connectivity index is 1.69. The molecule has 0 radical (unpaired) electrons. The molecule has 9 heteroatoms. The molecular formula is C22H30N4O5. The van der Waals surface area contributed by atoms with Gasteiger partial charge in [0.1, 0.15) is 18.0 Å². The standard InChI is InChI=1S/C22H30N4O5/c1-5-29-15-19-24-17-14-26(28)18-9-7-6-8-16(18)20(17)25(19)11-13-30-12-10-23-21(27)31-22(2,3)4/h6-9,14H,5,10-13,15H2,1-4H3,(H,23,27). The lowest BCUT2D eigenvalue weighted by Gasteiger charge is -2.19. The fraction of sp³-hybridized carbons (Fsp3) is 0.500. The van der Waals surface area contributed by atoms with E-state index in [2.05, 4.69) is 10.3 Å². The summed E-state index contributed by atoms with van der Waals surface area (Å²) in [6.07, 6.45) is 1.03. The lowest BCUT2D eigenvalue weighted by molar-refractivity contribution is -0.575. The molecule has 0 aliphatic heterocycles. The molecule has 9 nitrogen and oxygen atoms in total. The predicted molar refractivity (Wildman–Crippen MR) is 117 cm³/mol. The van der Waals surface area contributed by atoms with Crippen LogP contribution >= 0.6 is 0 Å². The highest BCUT2D eigenvalue weighted by Gasteiger charge is 2.19. The van der Waals surface area contributed by atoms with Crippen LogP contribution in [-0.4, -0.2) is 47.6 Å². The Hall–Kier alpha value is -2.91. The molecule has 31 heavy (non-hydrogen) atoms. The molecule has 0 unspecified atom stereocenters. The van der Waals surface area contributed by atoms with Gasteiger partial charge in [0.05, 0.1) is 24.1 Å². The number of alkyl carbamates (subject to hydrolysis) is 1. The van der Waals surface area contributed by atoms with Crippen LogP contribution in [-0.2, 0) is 27.4 Å². The third-order valence-corrected chi connectivity index (χ3v) is 4.52. The van der Waals surface area contributed by atoms with Gasteiger partial charge in [-0.3, -0.25) is 0 Å². The number of nitrogens with zero attached hydrogens (tertiary/aromatic N) is 3. The summed E-state index contributed by atoms with van der Waals surface area (Å²) in [4.78, 5) is 16.3. The van der Waals surface area contributed by atoms with E-state index in [1.165, 1.54) is 6.20 Å². The second kappa shape index (κ2) is 9.93. The molecule has 0 saturated carbocycles. The Bertz CT molecular complexity index is 1040. The maximum Gasteiger partial charge on any atom is 0.407 e. The second-order valence-corrected chi connectivity index (χ2v) is 8.06. The molecule has 1 N–H and O–H groups in total. The Morgan fingerprint density at radius 2 is 2.00 bits per heavy atom. The highest BCUT2D eigenvalue weighted by Crippen LogP contribution is 2.24. The largest absolute Gasteiger partial charge is 0.618 e. The number of carbonyl (C=O) groups is 1. The molecule has 0 spiro atoms. The fourth-order valence-corrected chi connectivity index (χ4v) is 3.28. The number of hydrogen-bond acceptors (Lipinski definition) is 6. The summed E-state index contributed by atoms with van der Waals surface area (Å²) in [6, 6.07) is 7.45. The molecule has 2 aromatic heterocycles. The van der Waals surface area contributed by atoms with E-state index in [1.807, 2.05) is 50.5 Å². The zero-order valence-electron chi connectivity index (χ0n) is 18.5. The molecule has 3 rings (SSSR count). The van der Waals surface area contributed by atoms with Gasteiger partial charge in [0, 0.05) is 25.8 Å². The number of pyridine rings is 1. The van der Waals surface area contributed by atoms with Gasteiger partial charge in [0.2, 0.25) is 11.7 Å². The maximum absolute atomic E-state index is 12.4. The van der Waals surface area contributed by atoms with E-state index in [0.29, 0.717) is 50.6 Å². The number of hydrogen-bond donors (Lipinski definition) is 1. The summed E-state index contributed by atoms with van der Waals surface area (Å²) < 4.78 is 19.4. The van der Waals surface area contributed by atoms with Crippen molar-refractivity contribution in [3.8, 4) is 0 Å². The first-order valence-corrected chi connectivity index (χ1v) is 10.4. The summed E-state index contributed by atoms with van der Waals surface area (Å²) in [5.74, 6) is 0.740. The van der Waals surface area contributed by atoms with Gasteiger partial charge in [-0.25, -0.2) is 9.78 Å². The molecular weight excluding hydrogens is 400 g/mol.